The van der Waals surface area contributed by atoms with Crippen molar-refractivity contribution in [3.05, 3.63) is 138 Å². The number of thioether (sulfide) groups is 1. The van der Waals surface area contributed by atoms with Crippen LogP contribution in [0.25, 0.3) is 11.1 Å². The molecule has 9 nitrogen and oxygen atoms in total. The van der Waals surface area contributed by atoms with Crippen molar-refractivity contribution in [3.8, 4) is 16.9 Å². The second kappa shape index (κ2) is 18.1. The Morgan fingerprint density at radius 1 is 0.746 bits per heavy atom. The Hall–Kier alpha value is -5.68. The number of hydrogen-bond donors (Lipinski definition) is 2. The van der Waals surface area contributed by atoms with Crippen LogP contribution in [0.5, 0.6) is 5.75 Å². The van der Waals surface area contributed by atoms with Crippen LogP contribution in [-0.2, 0) is 22.4 Å². The molecule has 5 aromatic rings. The summed E-state index contributed by atoms with van der Waals surface area (Å²) in [7, 11) is -4.72. The number of hydrogen-bond acceptors (Lipinski definition) is 8. The van der Waals surface area contributed by atoms with Gasteiger partial charge in [-0.3, -0.25) is 9.59 Å². The lowest BCUT2D eigenvalue weighted by atomic mass is 9.98. The topological polar surface area (TPSA) is 108 Å². The highest BCUT2D eigenvalue weighted by Crippen LogP contribution is 2.37. The summed E-state index contributed by atoms with van der Waals surface area (Å²) in [6.07, 6.45) is -9.59. The summed E-state index contributed by atoms with van der Waals surface area (Å²) in [6.45, 7) is 3.26. The molecular formula is C42H38F6N4O5S2. The van der Waals surface area contributed by atoms with Crippen LogP contribution < -0.4 is 19.7 Å². The monoisotopic (exact) mass is 856 g/mol. The molecule has 5 aromatic carbocycles. The van der Waals surface area contributed by atoms with E-state index in [0.29, 0.717) is 48.5 Å². The Morgan fingerprint density at radius 3 is 2.12 bits per heavy atom. The Morgan fingerprint density at radius 2 is 1.46 bits per heavy atom. The van der Waals surface area contributed by atoms with Gasteiger partial charge in [0.05, 0.1) is 22.6 Å². The van der Waals surface area contributed by atoms with E-state index >= 15 is 0 Å². The maximum atomic E-state index is 14.0. The summed E-state index contributed by atoms with van der Waals surface area (Å²) in [6, 6.07) is 27.4. The third kappa shape index (κ3) is 10.9. The van der Waals surface area contributed by atoms with E-state index in [1.165, 1.54) is 34.9 Å². The van der Waals surface area contributed by atoms with E-state index in [0.717, 1.165) is 29.2 Å². The van der Waals surface area contributed by atoms with Crippen molar-refractivity contribution in [2.75, 3.05) is 55.3 Å². The van der Waals surface area contributed by atoms with Crippen LogP contribution in [0, 0.1) is 0 Å². The molecule has 0 saturated carbocycles. The van der Waals surface area contributed by atoms with Gasteiger partial charge in [-0.2, -0.15) is 26.3 Å². The number of nitrogens with one attached hydrogen (secondary N) is 2. The zero-order valence-electron chi connectivity index (χ0n) is 31.4. The van der Waals surface area contributed by atoms with E-state index in [-0.39, 0.29) is 42.0 Å². The number of halogens is 6. The fourth-order valence-corrected chi connectivity index (χ4v) is 8.17. The Kier molecular flexibility index (Phi) is 13.1. The van der Waals surface area contributed by atoms with Crippen LogP contribution in [0.3, 0.4) is 0 Å². The highest BCUT2D eigenvalue weighted by molar-refractivity contribution is 7.99. The van der Waals surface area contributed by atoms with Crippen LogP contribution in [0.1, 0.15) is 38.8 Å². The normalized spacial score (nSPS) is 13.5. The van der Waals surface area contributed by atoms with Crippen LogP contribution in [-0.4, -0.2) is 70.2 Å². The number of alkyl halides is 6. The van der Waals surface area contributed by atoms with Gasteiger partial charge in [-0.15, -0.1) is 11.8 Å². The smallest absolute Gasteiger partial charge is 0.418 e. The van der Waals surface area contributed by atoms with Gasteiger partial charge in [0.1, 0.15) is 5.75 Å². The summed E-state index contributed by atoms with van der Waals surface area (Å²) in [5, 5.41) is 2.71. The van der Waals surface area contributed by atoms with Crippen LogP contribution in [0.4, 0.5) is 37.7 Å². The fourth-order valence-electron chi connectivity index (χ4n) is 6.38. The van der Waals surface area contributed by atoms with Crippen molar-refractivity contribution < 1.29 is 49.1 Å². The standard InChI is InChI=1S/C42H38F6N4O5S2/c1-2-57-34-8-6-7-29(26-34)30-23-31(25-32(24-30)41(43,44)45)40(54)52-20-18-51(19-21-52)33-13-11-28(12-14-33)39(53)50-59(55,56)36-15-16-38(37(27-36)42(46,47)48)49-17-22-58-35-9-4-3-5-10-35/h3-16,23-27,49H,2,17-22H2,1H3,(H,50,53). The number of carbonyl (C=O) groups excluding carboxylic acids is 2. The molecule has 0 radical (unpaired) electrons. The van der Waals surface area contributed by atoms with Gasteiger partial charge in [0.2, 0.25) is 0 Å². The van der Waals surface area contributed by atoms with Crippen LogP contribution in [0.2, 0.25) is 0 Å². The number of nitrogens with zero attached hydrogens (tertiary/aromatic N) is 2. The fraction of sp³-hybridized carbons (Fsp3) is 0.238. The zero-order chi connectivity index (χ0) is 42.4. The lowest BCUT2D eigenvalue weighted by Gasteiger charge is -2.36. The van der Waals surface area contributed by atoms with Crippen LogP contribution >= 0.6 is 11.8 Å². The van der Waals surface area contributed by atoms with Gasteiger partial charge in [0.15, 0.2) is 0 Å². The molecule has 2 N–H and O–H groups in total. The molecule has 1 aliphatic rings. The number of rotatable bonds is 13. The SMILES string of the molecule is CCOc1cccc(-c2cc(C(=O)N3CCN(c4ccc(C(=O)NS(=O)(=O)c5ccc(NCCSc6ccccc6)c(C(F)(F)F)c5)cc4)CC3)cc(C(F)(F)F)c2)c1. The molecule has 17 heteroatoms. The van der Waals surface area contributed by atoms with E-state index in [2.05, 4.69) is 5.32 Å². The van der Waals surface area contributed by atoms with Gasteiger partial charge in [-0.05, 0) is 103 Å². The largest absolute Gasteiger partial charge is 0.494 e. The first-order chi connectivity index (χ1) is 28.0. The van der Waals surface area contributed by atoms with Gasteiger partial charge in [0.25, 0.3) is 21.8 Å². The number of sulfonamides is 1. The quantitative estimate of drug-likeness (QED) is 0.0687. The molecule has 2 amide bonds. The van der Waals surface area contributed by atoms with Gasteiger partial charge < -0.3 is 19.9 Å². The van der Waals surface area contributed by atoms with Crippen molar-refractivity contribution in [3.63, 3.8) is 0 Å². The van der Waals surface area contributed by atoms with Crippen molar-refractivity contribution >= 4 is 45.0 Å². The summed E-state index contributed by atoms with van der Waals surface area (Å²) in [5.74, 6) is -0.710. The van der Waals surface area contributed by atoms with E-state index in [4.69, 9.17) is 4.74 Å². The molecule has 310 valence electrons. The number of piperazine rings is 1. The molecular weight excluding hydrogens is 819 g/mol. The number of benzene rings is 5. The molecule has 0 bridgehead atoms. The first kappa shape index (κ1) is 42.9. The number of amides is 2. The lowest BCUT2D eigenvalue weighted by Crippen LogP contribution is -2.48. The average molecular weight is 857 g/mol. The second-order valence-electron chi connectivity index (χ2n) is 13.3. The minimum atomic E-state index is -4.89. The minimum absolute atomic E-state index is 0.0801. The summed E-state index contributed by atoms with van der Waals surface area (Å²) < 4.78 is 117. The number of ether oxygens (including phenoxy) is 1. The van der Waals surface area contributed by atoms with Crippen molar-refractivity contribution in [2.45, 2.75) is 29.1 Å². The predicted molar refractivity (Wildman–Crippen MR) is 214 cm³/mol. The van der Waals surface area contributed by atoms with Gasteiger partial charge in [-0.25, -0.2) is 13.1 Å². The van der Waals surface area contributed by atoms with Crippen molar-refractivity contribution in [1.82, 2.24) is 9.62 Å². The van der Waals surface area contributed by atoms with Crippen molar-refractivity contribution in [2.24, 2.45) is 0 Å². The first-order valence-electron chi connectivity index (χ1n) is 18.3. The first-order valence-corrected chi connectivity index (χ1v) is 20.8. The summed E-state index contributed by atoms with van der Waals surface area (Å²) in [4.78, 5) is 30.1. The Balaban J connectivity index is 1.07. The highest BCUT2D eigenvalue weighted by atomic mass is 32.2. The third-order valence-electron chi connectivity index (χ3n) is 9.31. The van der Waals surface area contributed by atoms with E-state index in [9.17, 15) is 44.3 Å². The van der Waals surface area contributed by atoms with Gasteiger partial charge >= 0.3 is 12.4 Å². The maximum Gasteiger partial charge on any atom is 0.418 e. The molecule has 1 aliphatic heterocycles. The molecule has 0 atom stereocenters. The molecule has 1 fully saturated rings. The molecule has 0 aromatic heterocycles. The van der Waals surface area contributed by atoms with E-state index < -0.39 is 50.2 Å². The molecule has 0 spiro atoms. The number of anilines is 2. The molecule has 59 heavy (non-hydrogen) atoms. The highest BCUT2D eigenvalue weighted by Gasteiger charge is 2.36. The molecule has 0 aliphatic carbocycles. The Labute approximate surface area is 341 Å². The molecule has 6 rings (SSSR count). The average Bonchev–Trinajstić information content (AvgIpc) is 3.22. The lowest BCUT2D eigenvalue weighted by molar-refractivity contribution is -0.138. The third-order valence-corrected chi connectivity index (χ3v) is 11.7. The van der Waals surface area contributed by atoms with Gasteiger partial charge in [0, 0.05) is 65.9 Å². The summed E-state index contributed by atoms with van der Waals surface area (Å²) in [5.41, 5.74) is -1.38. The molecule has 0 unspecified atom stereocenters. The number of carbonyl (C=O) groups is 2. The van der Waals surface area contributed by atoms with Crippen LogP contribution in [0.15, 0.2) is 125 Å². The summed E-state index contributed by atoms with van der Waals surface area (Å²) >= 11 is 1.44. The minimum Gasteiger partial charge on any atom is -0.494 e. The van der Waals surface area contributed by atoms with Crippen molar-refractivity contribution in [1.29, 1.82) is 0 Å². The van der Waals surface area contributed by atoms with E-state index in [1.807, 2.05) is 40.0 Å². The zero-order valence-corrected chi connectivity index (χ0v) is 33.1. The second-order valence-corrected chi connectivity index (χ2v) is 16.2. The predicted octanol–water partition coefficient (Wildman–Crippen LogP) is 9.08. The maximum absolute atomic E-state index is 14.0. The van der Waals surface area contributed by atoms with Gasteiger partial charge in [-0.1, -0.05) is 30.3 Å². The van der Waals surface area contributed by atoms with E-state index in [1.54, 1.807) is 43.3 Å². The Bertz CT molecular complexity index is 2390. The molecule has 1 heterocycles. The molecule has 1 saturated heterocycles.